The molecule has 2 fully saturated rings. The van der Waals surface area contributed by atoms with Crippen LogP contribution in [0.2, 0.25) is 0 Å². The van der Waals surface area contributed by atoms with Crippen LogP contribution in [-0.4, -0.2) is 82.6 Å². The van der Waals surface area contributed by atoms with Gasteiger partial charge in [0.15, 0.2) is 0 Å². The zero-order chi connectivity index (χ0) is 20.8. The largest absolute Gasteiger partial charge is 0.388 e. The molecule has 5 N–H and O–H groups in total. The fourth-order valence-electron chi connectivity index (χ4n) is 4.08. The maximum atomic E-state index is 12.9. The van der Waals surface area contributed by atoms with E-state index < -0.39 is 35.9 Å². The van der Waals surface area contributed by atoms with Crippen LogP contribution in [0.4, 0.5) is 4.39 Å². The van der Waals surface area contributed by atoms with Gasteiger partial charge in [-0.25, -0.2) is 0 Å². The van der Waals surface area contributed by atoms with Crippen LogP contribution >= 0.6 is 11.8 Å². The number of carbonyl (C=O) groups excluding carboxylic acids is 1. The van der Waals surface area contributed by atoms with Gasteiger partial charge < -0.3 is 30.7 Å². The first-order valence-electron chi connectivity index (χ1n) is 10.1. The number of thioether (sulfide) groups is 1. The van der Waals surface area contributed by atoms with E-state index in [-0.39, 0.29) is 24.5 Å². The number of hydrogen-bond donors (Lipinski definition) is 5. The van der Waals surface area contributed by atoms with Crippen LogP contribution in [0.15, 0.2) is 0 Å². The summed E-state index contributed by atoms with van der Waals surface area (Å²) in [5.41, 5.74) is -0.681. The van der Waals surface area contributed by atoms with Gasteiger partial charge in [0.25, 0.3) is 0 Å². The number of alkyl halides is 1. The van der Waals surface area contributed by atoms with E-state index in [1.54, 1.807) is 6.26 Å². The highest BCUT2D eigenvalue weighted by Gasteiger charge is 2.47. The standard InChI is InChI=1S/C19H35FN2O5S/c1-10(2)13(17-15(24)14(23)16(25)19(27-17)28-3)22-18(26)12-9-11(5-4-7-20)6-8-21-12/h10-17,19,21,23-25H,4-9H2,1-3H3,(H,22,26)/t11-,12+,13-,14+,15-,16-,17-,19-/m1/s1. The van der Waals surface area contributed by atoms with E-state index in [1.807, 2.05) is 13.8 Å². The molecule has 0 spiro atoms. The highest BCUT2D eigenvalue weighted by atomic mass is 32.2. The Morgan fingerprint density at radius 1 is 1.29 bits per heavy atom. The van der Waals surface area contributed by atoms with E-state index in [1.165, 1.54) is 11.8 Å². The Hall–Kier alpha value is -0.450. The summed E-state index contributed by atoms with van der Waals surface area (Å²) in [6.07, 6.45) is -0.0320. The fourth-order valence-corrected chi connectivity index (χ4v) is 4.76. The number of piperidine rings is 1. The average Bonchev–Trinajstić information content (AvgIpc) is 2.69. The number of hydrogen-bond acceptors (Lipinski definition) is 7. The molecule has 8 atom stereocenters. The molecular weight excluding hydrogens is 387 g/mol. The Kier molecular flexibility index (Phi) is 9.43. The predicted molar refractivity (Wildman–Crippen MR) is 107 cm³/mol. The van der Waals surface area contributed by atoms with E-state index in [0.29, 0.717) is 25.3 Å². The highest BCUT2D eigenvalue weighted by Crippen LogP contribution is 2.30. The number of rotatable bonds is 8. The molecule has 9 heteroatoms. The maximum Gasteiger partial charge on any atom is 0.237 e. The van der Waals surface area contributed by atoms with Gasteiger partial charge in [-0.05, 0) is 50.3 Å². The van der Waals surface area contributed by atoms with Gasteiger partial charge in [-0.3, -0.25) is 9.18 Å². The fraction of sp³-hybridized carbons (Fsp3) is 0.947. The molecule has 164 valence electrons. The topological polar surface area (TPSA) is 111 Å². The molecule has 0 bridgehead atoms. The predicted octanol–water partition coefficient (Wildman–Crippen LogP) is 0.416. The summed E-state index contributed by atoms with van der Waals surface area (Å²) in [5, 5.41) is 36.9. The van der Waals surface area contributed by atoms with Crippen molar-refractivity contribution in [1.82, 2.24) is 10.6 Å². The lowest BCUT2D eigenvalue weighted by Crippen LogP contribution is -2.65. The molecule has 0 aromatic heterocycles. The third-order valence-electron chi connectivity index (χ3n) is 5.79. The number of nitrogens with one attached hydrogen (secondary N) is 2. The van der Waals surface area contributed by atoms with Gasteiger partial charge in [0.05, 0.1) is 18.8 Å². The van der Waals surface area contributed by atoms with Gasteiger partial charge in [-0.15, -0.1) is 11.8 Å². The molecule has 2 heterocycles. The second kappa shape index (κ2) is 11.1. The molecule has 0 saturated carbocycles. The van der Waals surface area contributed by atoms with Crippen LogP contribution < -0.4 is 10.6 Å². The Morgan fingerprint density at radius 2 is 2.00 bits per heavy atom. The van der Waals surface area contributed by atoms with Crippen molar-refractivity contribution in [3.05, 3.63) is 0 Å². The van der Waals surface area contributed by atoms with E-state index in [9.17, 15) is 24.5 Å². The lowest BCUT2D eigenvalue weighted by Gasteiger charge is -2.44. The maximum absolute atomic E-state index is 12.9. The molecule has 28 heavy (non-hydrogen) atoms. The summed E-state index contributed by atoms with van der Waals surface area (Å²) in [5.74, 6) is 0.0832. The number of halogens is 1. The normalized spacial score (nSPS) is 37.6. The van der Waals surface area contributed by atoms with Gasteiger partial charge in [0.2, 0.25) is 5.91 Å². The van der Waals surface area contributed by atoms with Crippen molar-refractivity contribution in [2.75, 3.05) is 19.5 Å². The Labute approximate surface area is 170 Å². The van der Waals surface area contributed by atoms with Crippen molar-refractivity contribution in [3.8, 4) is 0 Å². The number of carbonyl (C=O) groups is 1. The molecule has 0 unspecified atom stereocenters. The lowest BCUT2D eigenvalue weighted by molar-refractivity contribution is -0.208. The first kappa shape index (κ1) is 23.8. The minimum absolute atomic E-state index is 0.0560. The minimum Gasteiger partial charge on any atom is -0.388 e. The first-order valence-corrected chi connectivity index (χ1v) is 11.4. The summed E-state index contributed by atoms with van der Waals surface area (Å²) in [4.78, 5) is 12.9. The molecule has 0 aromatic rings. The quantitative estimate of drug-likeness (QED) is 0.385. The summed E-state index contributed by atoms with van der Waals surface area (Å²) in [6, 6.07) is -0.889. The van der Waals surface area contributed by atoms with Crippen molar-refractivity contribution >= 4 is 17.7 Å². The molecule has 2 saturated heterocycles. The SMILES string of the molecule is CS[C@H]1O[C@H]([C@H](NC(=O)[C@@H]2C[C@H](CCCF)CCN2)C(C)C)[C@H](O)[C@H](O)[C@H]1O. The Morgan fingerprint density at radius 3 is 2.61 bits per heavy atom. The molecule has 7 nitrogen and oxygen atoms in total. The van der Waals surface area contributed by atoms with E-state index in [0.717, 1.165) is 12.8 Å². The number of ether oxygens (including phenoxy) is 1. The van der Waals surface area contributed by atoms with Crippen molar-refractivity contribution < 1.29 is 29.2 Å². The highest BCUT2D eigenvalue weighted by molar-refractivity contribution is 7.99. The van der Waals surface area contributed by atoms with Crippen LogP contribution in [0, 0.1) is 11.8 Å². The molecule has 0 aromatic carbocycles. The summed E-state index contributed by atoms with van der Waals surface area (Å²) >= 11 is 1.25. The van der Waals surface area contributed by atoms with E-state index in [2.05, 4.69) is 10.6 Å². The summed E-state index contributed by atoms with van der Waals surface area (Å²) in [6.45, 7) is 4.19. The van der Waals surface area contributed by atoms with Crippen LogP contribution in [-0.2, 0) is 9.53 Å². The van der Waals surface area contributed by atoms with E-state index >= 15 is 0 Å². The van der Waals surface area contributed by atoms with Crippen LogP contribution in [0.3, 0.4) is 0 Å². The number of aliphatic hydroxyl groups excluding tert-OH is 3. The van der Waals surface area contributed by atoms with E-state index in [4.69, 9.17) is 4.74 Å². The van der Waals surface area contributed by atoms with Gasteiger partial charge in [-0.2, -0.15) is 0 Å². The van der Waals surface area contributed by atoms with Gasteiger partial charge in [0.1, 0.15) is 29.9 Å². The lowest BCUT2D eigenvalue weighted by atomic mass is 9.86. The van der Waals surface area contributed by atoms with Crippen LogP contribution in [0.25, 0.3) is 0 Å². The zero-order valence-electron chi connectivity index (χ0n) is 16.9. The second-order valence-corrected chi connectivity index (χ2v) is 9.12. The molecule has 0 aliphatic carbocycles. The number of amides is 1. The smallest absolute Gasteiger partial charge is 0.237 e. The van der Waals surface area contributed by atoms with Crippen LogP contribution in [0.1, 0.15) is 39.5 Å². The zero-order valence-corrected chi connectivity index (χ0v) is 17.7. The Balaban J connectivity index is 2.04. The monoisotopic (exact) mass is 422 g/mol. The Bertz CT molecular complexity index is 499. The molecule has 2 aliphatic heterocycles. The number of aliphatic hydroxyl groups is 3. The van der Waals surface area contributed by atoms with Crippen molar-refractivity contribution in [1.29, 1.82) is 0 Å². The molecule has 2 rings (SSSR count). The molecule has 1 amide bonds. The van der Waals surface area contributed by atoms with Gasteiger partial charge >= 0.3 is 0 Å². The van der Waals surface area contributed by atoms with Crippen molar-refractivity contribution in [3.63, 3.8) is 0 Å². The van der Waals surface area contributed by atoms with Crippen molar-refractivity contribution in [2.24, 2.45) is 11.8 Å². The first-order chi connectivity index (χ1) is 13.3. The second-order valence-electron chi connectivity index (χ2n) is 8.18. The summed E-state index contributed by atoms with van der Waals surface area (Å²) in [7, 11) is 0. The van der Waals surface area contributed by atoms with Gasteiger partial charge in [0, 0.05) is 0 Å². The van der Waals surface area contributed by atoms with Crippen LogP contribution in [0.5, 0.6) is 0 Å². The van der Waals surface area contributed by atoms with Crippen molar-refractivity contribution in [2.45, 2.75) is 81.5 Å². The van der Waals surface area contributed by atoms with Gasteiger partial charge in [-0.1, -0.05) is 13.8 Å². The minimum atomic E-state index is -1.34. The third-order valence-corrected chi connectivity index (χ3v) is 6.65. The molecule has 2 aliphatic rings. The average molecular weight is 423 g/mol. The molecule has 0 radical (unpaired) electrons. The third kappa shape index (κ3) is 5.79. The summed E-state index contributed by atoms with van der Waals surface area (Å²) < 4.78 is 18.3. The molecular formula is C19H35FN2O5S.